The second kappa shape index (κ2) is 6.43. The van der Waals surface area contributed by atoms with Crippen molar-refractivity contribution >= 4 is 52.1 Å². The number of nitrogens with one attached hydrogen (secondary N) is 1. The highest BCUT2D eigenvalue weighted by Crippen LogP contribution is 2.33. The van der Waals surface area contributed by atoms with Gasteiger partial charge in [0, 0.05) is 11.8 Å². The number of rotatable bonds is 3. The molecule has 0 heterocycles. The number of hydrogen-bond acceptors (Lipinski definition) is 3. The van der Waals surface area contributed by atoms with Gasteiger partial charge in [-0.2, -0.15) is 0 Å². The first-order valence-electron chi connectivity index (χ1n) is 5.81. The van der Waals surface area contributed by atoms with Gasteiger partial charge in [-0.1, -0.05) is 34.8 Å². The molecule has 7 heteroatoms. The van der Waals surface area contributed by atoms with Crippen LogP contribution in [0.4, 0.5) is 11.4 Å². The second-order valence-electron chi connectivity index (χ2n) is 4.16. The summed E-state index contributed by atoms with van der Waals surface area (Å²) >= 11 is 17.8. The molecule has 0 unspecified atom stereocenters. The Labute approximate surface area is 136 Å². The van der Waals surface area contributed by atoms with Crippen molar-refractivity contribution in [3.05, 3.63) is 51.0 Å². The predicted molar refractivity (Wildman–Crippen MR) is 86.8 cm³/mol. The van der Waals surface area contributed by atoms with Crippen LogP contribution in [-0.4, -0.2) is 13.0 Å². The topological polar surface area (TPSA) is 64.3 Å². The Morgan fingerprint density at radius 1 is 1.10 bits per heavy atom. The van der Waals surface area contributed by atoms with Crippen LogP contribution < -0.4 is 15.8 Å². The zero-order chi connectivity index (χ0) is 15.6. The Hall–Kier alpha value is -1.62. The first-order chi connectivity index (χ1) is 9.92. The zero-order valence-electron chi connectivity index (χ0n) is 10.9. The summed E-state index contributed by atoms with van der Waals surface area (Å²) in [6.45, 7) is 0. The molecule has 2 aromatic carbocycles. The number of benzene rings is 2. The van der Waals surface area contributed by atoms with Crippen LogP contribution in [0.15, 0.2) is 30.3 Å². The van der Waals surface area contributed by atoms with Crippen molar-refractivity contribution in [2.45, 2.75) is 0 Å². The number of halogens is 3. The normalized spacial score (nSPS) is 10.3. The standard InChI is InChI=1S/C14H11Cl3N2O2/c1-21-13-4-7(18)2-3-8(13)14(20)19-12-6-10(16)9(15)5-11(12)17/h2-6H,18H2,1H3,(H,19,20). The van der Waals surface area contributed by atoms with E-state index in [1.54, 1.807) is 18.2 Å². The van der Waals surface area contributed by atoms with Crippen LogP contribution in [0, 0.1) is 0 Å². The molecule has 2 rings (SSSR count). The average Bonchev–Trinajstić information content (AvgIpc) is 2.44. The van der Waals surface area contributed by atoms with Crippen LogP contribution in [0.2, 0.25) is 15.1 Å². The van der Waals surface area contributed by atoms with Crippen molar-refractivity contribution in [2.24, 2.45) is 0 Å². The number of anilines is 2. The highest BCUT2D eigenvalue weighted by atomic mass is 35.5. The van der Waals surface area contributed by atoms with E-state index in [0.29, 0.717) is 32.7 Å². The number of nitrogen functional groups attached to an aromatic ring is 1. The summed E-state index contributed by atoms with van der Waals surface area (Å²) in [4.78, 5) is 12.3. The SMILES string of the molecule is COc1cc(N)ccc1C(=O)Nc1cc(Cl)c(Cl)cc1Cl. The third-order valence-electron chi connectivity index (χ3n) is 2.73. The number of carbonyl (C=O) groups excluding carboxylic acids is 1. The van der Waals surface area contributed by atoms with Crippen LogP contribution in [0.1, 0.15) is 10.4 Å². The molecule has 0 saturated carbocycles. The van der Waals surface area contributed by atoms with Gasteiger partial charge >= 0.3 is 0 Å². The molecule has 0 saturated heterocycles. The number of nitrogens with two attached hydrogens (primary N) is 1. The number of carbonyl (C=O) groups is 1. The van der Waals surface area contributed by atoms with Crippen LogP contribution in [0.3, 0.4) is 0 Å². The summed E-state index contributed by atoms with van der Waals surface area (Å²) in [5.41, 5.74) is 6.83. The highest BCUT2D eigenvalue weighted by molar-refractivity contribution is 6.44. The third-order valence-corrected chi connectivity index (χ3v) is 3.76. The van der Waals surface area contributed by atoms with E-state index in [1.807, 2.05) is 0 Å². The highest BCUT2D eigenvalue weighted by Gasteiger charge is 2.15. The quantitative estimate of drug-likeness (QED) is 0.636. The molecule has 0 aromatic heterocycles. The molecule has 0 atom stereocenters. The van der Waals surface area contributed by atoms with Crippen molar-refractivity contribution < 1.29 is 9.53 Å². The molecule has 21 heavy (non-hydrogen) atoms. The molecule has 110 valence electrons. The smallest absolute Gasteiger partial charge is 0.259 e. The Morgan fingerprint density at radius 3 is 2.43 bits per heavy atom. The molecular formula is C14H11Cl3N2O2. The Balaban J connectivity index is 2.32. The number of hydrogen-bond donors (Lipinski definition) is 2. The van der Waals surface area contributed by atoms with Crippen LogP contribution in [0.5, 0.6) is 5.75 Å². The van der Waals surface area contributed by atoms with E-state index in [9.17, 15) is 4.79 Å². The van der Waals surface area contributed by atoms with E-state index in [0.717, 1.165) is 0 Å². The Bertz CT molecular complexity index is 705. The number of methoxy groups -OCH3 is 1. The molecule has 0 bridgehead atoms. The Morgan fingerprint density at radius 2 is 1.76 bits per heavy atom. The molecule has 0 aliphatic heterocycles. The molecule has 4 nitrogen and oxygen atoms in total. The monoisotopic (exact) mass is 344 g/mol. The van der Waals surface area contributed by atoms with Crippen LogP contribution in [0.25, 0.3) is 0 Å². The van der Waals surface area contributed by atoms with E-state index >= 15 is 0 Å². The fraction of sp³-hybridized carbons (Fsp3) is 0.0714. The number of amides is 1. The van der Waals surface area contributed by atoms with E-state index in [2.05, 4.69) is 5.32 Å². The maximum atomic E-state index is 12.3. The average molecular weight is 346 g/mol. The third kappa shape index (κ3) is 3.53. The van der Waals surface area contributed by atoms with Crippen molar-refractivity contribution in [1.29, 1.82) is 0 Å². The first kappa shape index (κ1) is 15.8. The lowest BCUT2D eigenvalue weighted by atomic mass is 10.1. The van der Waals surface area contributed by atoms with E-state index in [1.165, 1.54) is 19.2 Å². The largest absolute Gasteiger partial charge is 0.496 e. The van der Waals surface area contributed by atoms with Crippen molar-refractivity contribution in [3.63, 3.8) is 0 Å². The Kier molecular flexibility index (Phi) is 4.83. The minimum atomic E-state index is -0.396. The lowest BCUT2D eigenvalue weighted by molar-refractivity contribution is 0.102. The maximum absolute atomic E-state index is 12.3. The van der Waals surface area contributed by atoms with Crippen LogP contribution >= 0.6 is 34.8 Å². The molecular weight excluding hydrogens is 335 g/mol. The summed E-state index contributed by atoms with van der Waals surface area (Å²) in [6.07, 6.45) is 0. The molecule has 0 aliphatic carbocycles. The van der Waals surface area contributed by atoms with Crippen LogP contribution in [-0.2, 0) is 0 Å². The summed E-state index contributed by atoms with van der Waals surface area (Å²) in [7, 11) is 1.46. The molecule has 3 N–H and O–H groups in total. The number of ether oxygens (including phenoxy) is 1. The van der Waals surface area contributed by atoms with Gasteiger partial charge in [0.15, 0.2) is 0 Å². The summed E-state index contributed by atoms with van der Waals surface area (Å²) in [5.74, 6) is -0.0316. The van der Waals surface area contributed by atoms with Gasteiger partial charge in [0.1, 0.15) is 5.75 Å². The minimum Gasteiger partial charge on any atom is -0.496 e. The van der Waals surface area contributed by atoms with Gasteiger partial charge in [0.05, 0.1) is 33.4 Å². The van der Waals surface area contributed by atoms with Gasteiger partial charge in [0.25, 0.3) is 5.91 Å². The molecule has 0 fully saturated rings. The predicted octanol–water partition coefficient (Wildman–Crippen LogP) is 4.49. The van der Waals surface area contributed by atoms with Crippen molar-refractivity contribution in [3.8, 4) is 5.75 Å². The lowest BCUT2D eigenvalue weighted by Gasteiger charge is -2.11. The fourth-order valence-corrected chi connectivity index (χ4v) is 2.30. The molecule has 0 aliphatic rings. The molecule has 0 spiro atoms. The molecule has 2 aromatic rings. The van der Waals surface area contributed by atoms with Crippen molar-refractivity contribution in [2.75, 3.05) is 18.2 Å². The summed E-state index contributed by atoms with van der Waals surface area (Å²) in [6, 6.07) is 7.67. The molecule has 1 amide bonds. The fourth-order valence-electron chi connectivity index (χ4n) is 1.70. The lowest BCUT2D eigenvalue weighted by Crippen LogP contribution is -2.13. The van der Waals surface area contributed by atoms with E-state index in [-0.39, 0.29) is 5.02 Å². The van der Waals surface area contributed by atoms with Gasteiger partial charge in [0.2, 0.25) is 0 Å². The van der Waals surface area contributed by atoms with Gasteiger partial charge in [-0.15, -0.1) is 0 Å². The van der Waals surface area contributed by atoms with Gasteiger partial charge in [-0.05, 0) is 24.3 Å². The second-order valence-corrected chi connectivity index (χ2v) is 5.38. The van der Waals surface area contributed by atoms with Gasteiger partial charge < -0.3 is 15.8 Å². The first-order valence-corrected chi connectivity index (χ1v) is 6.95. The molecule has 0 radical (unpaired) electrons. The van der Waals surface area contributed by atoms with Gasteiger partial charge in [-0.3, -0.25) is 4.79 Å². The van der Waals surface area contributed by atoms with Crippen molar-refractivity contribution in [1.82, 2.24) is 0 Å². The van der Waals surface area contributed by atoms with E-state index < -0.39 is 5.91 Å². The summed E-state index contributed by atoms with van der Waals surface area (Å²) < 4.78 is 5.14. The zero-order valence-corrected chi connectivity index (χ0v) is 13.2. The van der Waals surface area contributed by atoms with E-state index in [4.69, 9.17) is 45.3 Å². The summed E-state index contributed by atoms with van der Waals surface area (Å²) in [5, 5.41) is 3.54. The minimum absolute atomic E-state index is 0.284. The van der Waals surface area contributed by atoms with Gasteiger partial charge in [-0.25, -0.2) is 0 Å². The maximum Gasteiger partial charge on any atom is 0.259 e.